The maximum absolute atomic E-state index is 11.7. The first kappa shape index (κ1) is 13.3. The van der Waals surface area contributed by atoms with Crippen LogP contribution in [-0.2, 0) is 14.6 Å². The van der Waals surface area contributed by atoms with Crippen molar-refractivity contribution >= 4 is 9.84 Å². The summed E-state index contributed by atoms with van der Waals surface area (Å²) < 4.78 is 29.3. The SMILES string of the molecule is CC(C)(C)CC1NCCOC12CCS(=O)(=O)C2. The van der Waals surface area contributed by atoms with Gasteiger partial charge in [0.2, 0.25) is 0 Å². The standard InChI is InChI=1S/C12H23NO3S/c1-11(2,3)8-10-12(16-6-5-13-10)4-7-17(14,15)9-12/h10,13H,4-9H2,1-3H3. The van der Waals surface area contributed by atoms with Crippen LogP contribution in [0.5, 0.6) is 0 Å². The zero-order chi connectivity index (χ0) is 12.7. The molecule has 4 nitrogen and oxygen atoms in total. The molecule has 5 heteroatoms. The number of ether oxygens (including phenoxy) is 1. The Bertz CT molecular complexity index is 385. The van der Waals surface area contributed by atoms with Crippen molar-refractivity contribution in [2.24, 2.45) is 5.41 Å². The Hall–Kier alpha value is -0.130. The fraction of sp³-hybridized carbons (Fsp3) is 1.00. The Morgan fingerprint density at radius 1 is 1.41 bits per heavy atom. The van der Waals surface area contributed by atoms with E-state index in [1.165, 1.54) is 0 Å². The largest absolute Gasteiger partial charge is 0.371 e. The molecule has 0 radical (unpaired) electrons. The zero-order valence-corrected chi connectivity index (χ0v) is 11.8. The molecule has 2 saturated heterocycles. The highest BCUT2D eigenvalue weighted by Gasteiger charge is 2.50. The maximum atomic E-state index is 11.7. The van der Waals surface area contributed by atoms with Crippen LogP contribution >= 0.6 is 0 Å². The molecule has 0 bridgehead atoms. The van der Waals surface area contributed by atoms with Gasteiger partial charge in [0.25, 0.3) is 0 Å². The van der Waals surface area contributed by atoms with E-state index >= 15 is 0 Å². The van der Waals surface area contributed by atoms with E-state index in [9.17, 15) is 8.42 Å². The highest BCUT2D eigenvalue weighted by molar-refractivity contribution is 7.91. The van der Waals surface area contributed by atoms with Gasteiger partial charge in [0.05, 0.1) is 23.7 Å². The van der Waals surface area contributed by atoms with E-state index < -0.39 is 15.4 Å². The molecule has 0 aliphatic carbocycles. The summed E-state index contributed by atoms with van der Waals surface area (Å²) in [5.74, 6) is 0.461. The van der Waals surface area contributed by atoms with Gasteiger partial charge in [-0.05, 0) is 18.3 Å². The van der Waals surface area contributed by atoms with Crippen molar-refractivity contribution in [2.75, 3.05) is 24.7 Å². The van der Waals surface area contributed by atoms with E-state index in [0.29, 0.717) is 13.0 Å². The van der Waals surface area contributed by atoms with E-state index in [0.717, 1.165) is 13.0 Å². The quantitative estimate of drug-likeness (QED) is 0.764. The monoisotopic (exact) mass is 261 g/mol. The van der Waals surface area contributed by atoms with Crippen LogP contribution in [0.25, 0.3) is 0 Å². The van der Waals surface area contributed by atoms with Crippen molar-refractivity contribution in [1.82, 2.24) is 5.32 Å². The molecule has 0 saturated carbocycles. The molecule has 100 valence electrons. The summed E-state index contributed by atoms with van der Waals surface area (Å²) in [5, 5.41) is 3.46. The Kier molecular flexibility index (Phi) is 3.30. The summed E-state index contributed by atoms with van der Waals surface area (Å²) in [4.78, 5) is 0. The van der Waals surface area contributed by atoms with Gasteiger partial charge in [0.15, 0.2) is 9.84 Å². The Morgan fingerprint density at radius 2 is 2.12 bits per heavy atom. The predicted octanol–water partition coefficient (Wildman–Crippen LogP) is 0.968. The molecule has 2 atom stereocenters. The van der Waals surface area contributed by atoms with Gasteiger partial charge in [-0.1, -0.05) is 20.8 Å². The van der Waals surface area contributed by atoms with Gasteiger partial charge in [-0.2, -0.15) is 0 Å². The van der Waals surface area contributed by atoms with E-state index in [4.69, 9.17) is 4.74 Å². The normalized spacial score (nSPS) is 37.5. The van der Waals surface area contributed by atoms with Gasteiger partial charge in [-0.3, -0.25) is 0 Å². The molecular weight excluding hydrogens is 238 g/mol. The van der Waals surface area contributed by atoms with Crippen molar-refractivity contribution in [1.29, 1.82) is 0 Å². The second-order valence-corrected chi connectivity index (χ2v) is 8.71. The molecule has 1 N–H and O–H groups in total. The molecule has 2 aliphatic heterocycles. The fourth-order valence-electron chi connectivity index (χ4n) is 2.88. The summed E-state index contributed by atoms with van der Waals surface area (Å²) in [6.45, 7) is 7.99. The number of nitrogens with one attached hydrogen (secondary N) is 1. The minimum Gasteiger partial charge on any atom is -0.371 e. The van der Waals surface area contributed by atoms with Gasteiger partial charge in [-0.25, -0.2) is 8.42 Å². The Morgan fingerprint density at radius 3 is 2.65 bits per heavy atom. The van der Waals surface area contributed by atoms with Gasteiger partial charge in [0, 0.05) is 12.6 Å². The molecule has 2 heterocycles. The third-order valence-electron chi connectivity index (χ3n) is 3.63. The third-order valence-corrected chi connectivity index (χ3v) is 5.39. The highest BCUT2D eigenvalue weighted by atomic mass is 32.2. The maximum Gasteiger partial charge on any atom is 0.153 e. The molecule has 2 rings (SSSR count). The fourth-order valence-corrected chi connectivity index (χ4v) is 4.85. The second kappa shape index (κ2) is 4.21. The summed E-state index contributed by atoms with van der Waals surface area (Å²) in [6.07, 6.45) is 1.59. The van der Waals surface area contributed by atoms with Crippen LogP contribution in [0.3, 0.4) is 0 Å². The number of rotatable bonds is 1. The van der Waals surface area contributed by atoms with Gasteiger partial charge in [-0.15, -0.1) is 0 Å². The molecular formula is C12H23NO3S. The minimum atomic E-state index is -2.91. The number of hydrogen-bond acceptors (Lipinski definition) is 4. The van der Waals surface area contributed by atoms with Crippen molar-refractivity contribution in [3.05, 3.63) is 0 Å². The summed E-state index contributed by atoms with van der Waals surface area (Å²) in [7, 11) is -2.91. The first-order chi connectivity index (χ1) is 7.73. The zero-order valence-electron chi connectivity index (χ0n) is 11.0. The van der Waals surface area contributed by atoms with E-state index in [2.05, 4.69) is 26.1 Å². The van der Waals surface area contributed by atoms with Crippen molar-refractivity contribution < 1.29 is 13.2 Å². The van der Waals surface area contributed by atoms with Gasteiger partial charge in [0.1, 0.15) is 0 Å². The van der Waals surface area contributed by atoms with E-state index in [1.54, 1.807) is 0 Å². The molecule has 0 amide bonds. The van der Waals surface area contributed by atoms with Gasteiger partial charge < -0.3 is 10.1 Å². The molecule has 1 spiro atoms. The molecule has 0 aromatic heterocycles. The van der Waals surface area contributed by atoms with E-state index in [-0.39, 0.29) is 23.0 Å². The molecule has 17 heavy (non-hydrogen) atoms. The first-order valence-electron chi connectivity index (χ1n) is 6.30. The predicted molar refractivity (Wildman–Crippen MR) is 67.8 cm³/mol. The van der Waals surface area contributed by atoms with Crippen LogP contribution in [-0.4, -0.2) is 44.7 Å². The molecule has 2 fully saturated rings. The average Bonchev–Trinajstić information content (AvgIpc) is 2.45. The van der Waals surface area contributed by atoms with Crippen molar-refractivity contribution in [2.45, 2.75) is 45.3 Å². The molecule has 2 aliphatic rings. The number of sulfone groups is 1. The molecule has 2 unspecified atom stereocenters. The number of hydrogen-bond donors (Lipinski definition) is 1. The lowest BCUT2D eigenvalue weighted by Gasteiger charge is -2.43. The van der Waals surface area contributed by atoms with Crippen LogP contribution in [0.2, 0.25) is 0 Å². The lowest BCUT2D eigenvalue weighted by Crippen LogP contribution is -2.59. The Balaban J connectivity index is 2.18. The van der Waals surface area contributed by atoms with Crippen LogP contribution in [0.4, 0.5) is 0 Å². The molecule has 0 aromatic carbocycles. The van der Waals surface area contributed by atoms with Crippen LogP contribution in [0.15, 0.2) is 0 Å². The lowest BCUT2D eigenvalue weighted by atomic mass is 9.79. The second-order valence-electron chi connectivity index (χ2n) is 6.53. The molecule has 0 aromatic rings. The van der Waals surface area contributed by atoms with Crippen LogP contribution < -0.4 is 5.32 Å². The van der Waals surface area contributed by atoms with Crippen LogP contribution in [0.1, 0.15) is 33.6 Å². The van der Waals surface area contributed by atoms with Crippen molar-refractivity contribution in [3.63, 3.8) is 0 Å². The summed E-state index contributed by atoms with van der Waals surface area (Å²) in [5.41, 5.74) is -0.290. The number of morpholine rings is 1. The smallest absolute Gasteiger partial charge is 0.153 e. The minimum absolute atomic E-state index is 0.161. The Labute approximate surface area is 104 Å². The summed E-state index contributed by atoms with van der Waals surface area (Å²) >= 11 is 0. The van der Waals surface area contributed by atoms with Gasteiger partial charge >= 0.3 is 0 Å². The summed E-state index contributed by atoms with van der Waals surface area (Å²) in [6, 6.07) is 0.161. The third kappa shape index (κ3) is 3.01. The van der Waals surface area contributed by atoms with E-state index in [1.807, 2.05) is 0 Å². The van der Waals surface area contributed by atoms with Crippen LogP contribution in [0, 0.1) is 5.41 Å². The first-order valence-corrected chi connectivity index (χ1v) is 8.12. The average molecular weight is 261 g/mol. The lowest BCUT2D eigenvalue weighted by molar-refractivity contribution is -0.0866. The topological polar surface area (TPSA) is 55.4 Å². The van der Waals surface area contributed by atoms with Crippen molar-refractivity contribution in [3.8, 4) is 0 Å². The highest BCUT2D eigenvalue weighted by Crippen LogP contribution is 2.37.